The third kappa shape index (κ3) is 5.95. The zero-order valence-electron chi connectivity index (χ0n) is 18.5. The van der Waals surface area contributed by atoms with Crippen molar-refractivity contribution in [1.82, 2.24) is 19.5 Å². The highest BCUT2D eigenvalue weighted by Crippen LogP contribution is 2.28. The smallest absolute Gasteiger partial charge is 0.222 e. The predicted molar refractivity (Wildman–Crippen MR) is 122 cm³/mol. The van der Waals surface area contributed by atoms with Crippen LogP contribution in [0.1, 0.15) is 48.6 Å². The molecule has 3 aromatic rings. The van der Waals surface area contributed by atoms with Crippen LogP contribution >= 0.6 is 0 Å². The molecule has 1 atom stereocenters. The van der Waals surface area contributed by atoms with Crippen LogP contribution in [0.2, 0.25) is 0 Å². The number of aromatic nitrogens is 4. The second-order valence-corrected chi connectivity index (χ2v) is 7.69. The van der Waals surface area contributed by atoms with E-state index in [0.29, 0.717) is 12.8 Å². The minimum absolute atomic E-state index is 0.124. The highest BCUT2D eigenvalue weighted by molar-refractivity contribution is 5.53. The molecule has 0 radical (unpaired) electrons. The Bertz CT molecular complexity index is 968. The zero-order valence-corrected chi connectivity index (χ0v) is 18.5. The number of nitrogen functional groups attached to an aromatic ring is 1. The molecule has 8 heteroatoms. The van der Waals surface area contributed by atoms with Crippen LogP contribution in [-0.2, 0) is 13.0 Å². The molecule has 2 aromatic heterocycles. The number of aliphatic hydroxyl groups excluding tert-OH is 1. The maximum Gasteiger partial charge on any atom is 0.222 e. The summed E-state index contributed by atoms with van der Waals surface area (Å²) in [5, 5.41) is 12.9. The van der Waals surface area contributed by atoms with E-state index in [1.807, 2.05) is 17.7 Å². The van der Waals surface area contributed by atoms with Crippen LogP contribution in [0, 0.1) is 6.92 Å². The molecule has 0 fully saturated rings. The molecule has 0 saturated heterocycles. The van der Waals surface area contributed by atoms with E-state index in [0.717, 1.165) is 53.3 Å². The van der Waals surface area contributed by atoms with Gasteiger partial charge in [-0.2, -0.15) is 4.98 Å². The lowest BCUT2D eigenvalue weighted by Gasteiger charge is -2.21. The van der Waals surface area contributed by atoms with E-state index in [9.17, 15) is 5.11 Å². The lowest BCUT2D eigenvalue weighted by atomic mass is 10.0. The van der Waals surface area contributed by atoms with Crippen molar-refractivity contribution < 1.29 is 9.84 Å². The zero-order chi connectivity index (χ0) is 22.2. The van der Waals surface area contributed by atoms with Crippen LogP contribution in [-0.4, -0.2) is 44.4 Å². The molecular weight excluding hydrogens is 392 g/mol. The summed E-state index contributed by atoms with van der Waals surface area (Å²) in [5.74, 6) is 1.78. The summed E-state index contributed by atoms with van der Waals surface area (Å²) in [5.41, 5.74) is 9.93. The Morgan fingerprint density at radius 1 is 1.26 bits per heavy atom. The van der Waals surface area contributed by atoms with Gasteiger partial charge in [0.1, 0.15) is 11.6 Å². The van der Waals surface area contributed by atoms with Crippen molar-refractivity contribution in [2.75, 3.05) is 24.8 Å². The molecule has 0 aliphatic rings. The van der Waals surface area contributed by atoms with Gasteiger partial charge >= 0.3 is 0 Å². The first-order valence-electron chi connectivity index (χ1n) is 10.7. The molecule has 1 unspecified atom stereocenters. The summed E-state index contributed by atoms with van der Waals surface area (Å²) in [7, 11) is 1.68. The Balaban J connectivity index is 1.88. The standard InChI is InChI=1S/C23H32N6O2/c1-4-5-19(8-11-30)27-22-20(16(2)26-23(24)28-22)13-18-7-6-17(12-21(18)31-3)14-29-10-9-25-15-29/h6-7,9-10,12,15,19,30H,4-5,8,11,13-14H2,1-3H3,(H3,24,26,27,28). The van der Waals surface area contributed by atoms with Gasteiger partial charge in [-0.3, -0.25) is 0 Å². The predicted octanol–water partition coefficient (Wildman–Crippen LogP) is 3.17. The molecule has 0 aliphatic heterocycles. The summed E-state index contributed by atoms with van der Waals surface area (Å²) in [6, 6.07) is 6.37. The van der Waals surface area contributed by atoms with E-state index in [2.05, 4.69) is 45.4 Å². The number of aryl methyl sites for hydroxylation is 1. The molecule has 0 bridgehead atoms. The third-order valence-corrected chi connectivity index (χ3v) is 5.33. The summed E-state index contributed by atoms with van der Waals surface area (Å²) in [6.45, 7) is 4.92. The molecule has 1 aromatic carbocycles. The first-order valence-corrected chi connectivity index (χ1v) is 10.7. The van der Waals surface area contributed by atoms with Crippen molar-refractivity contribution in [1.29, 1.82) is 0 Å². The second kappa shape index (κ2) is 10.8. The van der Waals surface area contributed by atoms with Crippen molar-refractivity contribution in [3.05, 3.63) is 59.3 Å². The molecule has 4 N–H and O–H groups in total. The molecule has 0 saturated carbocycles. The van der Waals surface area contributed by atoms with E-state index in [1.165, 1.54) is 0 Å². The van der Waals surface area contributed by atoms with Crippen molar-refractivity contribution >= 4 is 11.8 Å². The number of rotatable bonds is 11. The maximum atomic E-state index is 9.42. The van der Waals surface area contributed by atoms with Gasteiger partial charge in [0.15, 0.2) is 0 Å². The van der Waals surface area contributed by atoms with Gasteiger partial charge < -0.3 is 25.5 Å². The first-order chi connectivity index (χ1) is 15.0. The van der Waals surface area contributed by atoms with Crippen molar-refractivity contribution in [3.8, 4) is 5.75 Å². The summed E-state index contributed by atoms with van der Waals surface area (Å²) >= 11 is 0. The number of ether oxygens (including phenoxy) is 1. The molecule has 0 spiro atoms. The highest BCUT2D eigenvalue weighted by atomic mass is 16.5. The average Bonchev–Trinajstić information content (AvgIpc) is 3.24. The third-order valence-electron chi connectivity index (χ3n) is 5.33. The first kappa shape index (κ1) is 22.6. The molecule has 166 valence electrons. The Kier molecular flexibility index (Phi) is 7.83. The van der Waals surface area contributed by atoms with Crippen LogP contribution in [0.25, 0.3) is 0 Å². The van der Waals surface area contributed by atoms with Gasteiger partial charge in [-0.15, -0.1) is 0 Å². The summed E-state index contributed by atoms with van der Waals surface area (Å²) in [6.07, 6.45) is 8.73. The lowest BCUT2D eigenvalue weighted by molar-refractivity contribution is 0.276. The number of nitrogens with zero attached hydrogens (tertiary/aromatic N) is 4. The number of imidazole rings is 1. The largest absolute Gasteiger partial charge is 0.496 e. The lowest BCUT2D eigenvalue weighted by Crippen LogP contribution is -2.23. The SMILES string of the molecule is CCCC(CCO)Nc1nc(N)nc(C)c1Cc1ccc(Cn2ccnc2)cc1OC. The fourth-order valence-corrected chi connectivity index (χ4v) is 3.75. The molecule has 0 amide bonds. The molecule has 2 heterocycles. The van der Waals surface area contributed by atoms with E-state index < -0.39 is 0 Å². The van der Waals surface area contributed by atoms with Gasteiger partial charge in [-0.05, 0) is 37.0 Å². The van der Waals surface area contributed by atoms with E-state index in [-0.39, 0.29) is 18.6 Å². The van der Waals surface area contributed by atoms with Crippen LogP contribution in [0.4, 0.5) is 11.8 Å². The van der Waals surface area contributed by atoms with Crippen molar-refractivity contribution in [2.45, 2.75) is 52.1 Å². The molecule has 0 aliphatic carbocycles. The average molecular weight is 425 g/mol. The fourth-order valence-electron chi connectivity index (χ4n) is 3.75. The Hall–Kier alpha value is -3.13. The van der Waals surface area contributed by atoms with Crippen LogP contribution in [0.5, 0.6) is 5.75 Å². The van der Waals surface area contributed by atoms with Gasteiger partial charge in [0, 0.05) is 49.3 Å². The molecular formula is C23H32N6O2. The summed E-state index contributed by atoms with van der Waals surface area (Å²) in [4.78, 5) is 13.0. The van der Waals surface area contributed by atoms with Gasteiger partial charge in [-0.1, -0.05) is 25.5 Å². The van der Waals surface area contributed by atoms with Crippen molar-refractivity contribution in [3.63, 3.8) is 0 Å². The number of benzene rings is 1. The van der Waals surface area contributed by atoms with Crippen LogP contribution in [0.15, 0.2) is 36.9 Å². The second-order valence-electron chi connectivity index (χ2n) is 7.69. The van der Waals surface area contributed by atoms with E-state index in [1.54, 1.807) is 19.6 Å². The highest BCUT2D eigenvalue weighted by Gasteiger charge is 2.17. The van der Waals surface area contributed by atoms with Crippen LogP contribution < -0.4 is 15.8 Å². The molecule has 8 nitrogen and oxygen atoms in total. The number of nitrogens with one attached hydrogen (secondary N) is 1. The summed E-state index contributed by atoms with van der Waals surface area (Å²) < 4.78 is 7.71. The number of methoxy groups -OCH3 is 1. The van der Waals surface area contributed by atoms with E-state index >= 15 is 0 Å². The fraction of sp³-hybridized carbons (Fsp3) is 0.435. The molecule has 31 heavy (non-hydrogen) atoms. The van der Waals surface area contributed by atoms with Gasteiger partial charge in [0.25, 0.3) is 0 Å². The Morgan fingerprint density at radius 2 is 2.10 bits per heavy atom. The maximum absolute atomic E-state index is 9.42. The van der Waals surface area contributed by atoms with Crippen molar-refractivity contribution in [2.24, 2.45) is 0 Å². The Morgan fingerprint density at radius 3 is 2.77 bits per heavy atom. The molecule has 3 rings (SSSR count). The number of anilines is 2. The topological polar surface area (TPSA) is 111 Å². The number of hydrogen-bond acceptors (Lipinski definition) is 7. The number of nitrogens with two attached hydrogens (primary N) is 1. The van der Waals surface area contributed by atoms with Gasteiger partial charge in [0.2, 0.25) is 5.95 Å². The van der Waals surface area contributed by atoms with Gasteiger partial charge in [0.05, 0.1) is 13.4 Å². The van der Waals surface area contributed by atoms with Gasteiger partial charge in [-0.25, -0.2) is 9.97 Å². The monoisotopic (exact) mass is 424 g/mol. The minimum atomic E-state index is 0.124. The number of hydrogen-bond donors (Lipinski definition) is 3. The Labute approximate surface area is 183 Å². The quantitative estimate of drug-likeness (QED) is 0.433. The van der Waals surface area contributed by atoms with E-state index in [4.69, 9.17) is 10.5 Å². The number of aliphatic hydroxyl groups is 1. The van der Waals surface area contributed by atoms with Crippen LogP contribution in [0.3, 0.4) is 0 Å². The normalized spacial score (nSPS) is 12.0. The minimum Gasteiger partial charge on any atom is -0.496 e.